The van der Waals surface area contributed by atoms with Crippen LogP contribution in [0, 0.1) is 5.92 Å². The Kier molecular flexibility index (Phi) is 6.66. The minimum absolute atomic E-state index is 0.0960. The molecule has 0 bridgehead atoms. The van der Waals surface area contributed by atoms with Crippen molar-refractivity contribution in [1.82, 2.24) is 10.2 Å². The minimum Gasteiger partial charge on any atom is -0.497 e. The van der Waals surface area contributed by atoms with Crippen molar-refractivity contribution in [3.63, 3.8) is 0 Å². The molecule has 0 saturated carbocycles. The first kappa shape index (κ1) is 17.8. The van der Waals surface area contributed by atoms with E-state index in [0.29, 0.717) is 32.5 Å². The Morgan fingerprint density at radius 1 is 1.33 bits per heavy atom. The molecule has 0 unspecified atom stereocenters. The van der Waals surface area contributed by atoms with Crippen LogP contribution in [0.4, 0.5) is 4.79 Å². The van der Waals surface area contributed by atoms with Crippen LogP contribution in [-0.4, -0.2) is 43.7 Å². The van der Waals surface area contributed by atoms with E-state index in [1.165, 1.54) is 0 Å². The number of nitrogens with zero attached hydrogens (tertiary/aromatic N) is 1. The molecule has 1 fully saturated rings. The summed E-state index contributed by atoms with van der Waals surface area (Å²) in [4.78, 5) is 25.5. The normalized spacial score (nSPS) is 15.3. The van der Waals surface area contributed by atoms with Gasteiger partial charge in [-0.1, -0.05) is 12.1 Å². The summed E-state index contributed by atoms with van der Waals surface area (Å²) >= 11 is 0. The van der Waals surface area contributed by atoms with E-state index in [4.69, 9.17) is 9.47 Å². The molecule has 1 N–H and O–H groups in total. The number of esters is 1. The van der Waals surface area contributed by atoms with Crippen molar-refractivity contribution >= 4 is 18.1 Å². The highest BCUT2D eigenvalue weighted by atomic mass is 16.5. The Balaban J connectivity index is 1.79. The average Bonchev–Trinajstić information content (AvgIpc) is 2.62. The number of rotatable bonds is 5. The molecule has 0 spiro atoms. The Morgan fingerprint density at radius 3 is 2.75 bits per heavy atom. The largest absolute Gasteiger partial charge is 0.497 e. The SMILES string of the molecule is CCOC(=O)C1CCN(C(=O)N/C=C/c2cccc(OC)c2)CC1. The van der Waals surface area contributed by atoms with E-state index >= 15 is 0 Å². The monoisotopic (exact) mass is 332 g/mol. The molecule has 1 heterocycles. The van der Waals surface area contributed by atoms with Crippen molar-refractivity contribution in [2.45, 2.75) is 19.8 Å². The van der Waals surface area contributed by atoms with Crippen LogP contribution < -0.4 is 10.1 Å². The lowest BCUT2D eigenvalue weighted by atomic mass is 9.97. The van der Waals surface area contributed by atoms with Gasteiger partial charge < -0.3 is 19.7 Å². The molecule has 1 aromatic carbocycles. The van der Waals surface area contributed by atoms with Crippen LogP contribution in [0.15, 0.2) is 30.5 Å². The van der Waals surface area contributed by atoms with Crippen LogP contribution in [0.3, 0.4) is 0 Å². The number of ether oxygens (including phenoxy) is 2. The third-order valence-electron chi connectivity index (χ3n) is 3.98. The molecule has 1 aromatic rings. The number of hydrogen-bond donors (Lipinski definition) is 1. The predicted molar refractivity (Wildman–Crippen MR) is 91.5 cm³/mol. The van der Waals surface area contributed by atoms with Gasteiger partial charge in [-0.05, 0) is 43.5 Å². The van der Waals surface area contributed by atoms with E-state index in [-0.39, 0.29) is 17.9 Å². The summed E-state index contributed by atoms with van der Waals surface area (Å²) in [6.07, 6.45) is 4.72. The molecule has 1 aliphatic heterocycles. The van der Waals surface area contributed by atoms with E-state index in [0.717, 1.165) is 11.3 Å². The van der Waals surface area contributed by atoms with Gasteiger partial charge in [-0.15, -0.1) is 0 Å². The van der Waals surface area contributed by atoms with Crippen LogP contribution in [0.2, 0.25) is 0 Å². The summed E-state index contributed by atoms with van der Waals surface area (Å²) in [5, 5.41) is 2.76. The smallest absolute Gasteiger partial charge is 0.321 e. The molecule has 130 valence electrons. The van der Waals surface area contributed by atoms with Crippen molar-refractivity contribution in [2.24, 2.45) is 5.92 Å². The molecule has 0 aromatic heterocycles. The number of carbonyl (C=O) groups is 2. The molecule has 2 amide bonds. The van der Waals surface area contributed by atoms with E-state index < -0.39 is 0 Å². The summed E-state index contributed by atoms with van der Waals surface area (Å²) in [6, 6.07) is 7.41. The Labute approximate surface area is 142 Å². The van der Waals surface area contributed by atoms with Crippen LogP contribution in [0.1, 0.15) is 25.3 Å². The fraction of sp³-hybridized carbons (Fsp3) is 0.444. The highest BCUT2D eigenvalue weighted by molar-refractivity contribution is 5.77. The Hall–Kier alpha value is -2.50. The van der Waals surface area contributed by atoms with Crippen LogP contribution in [-0.2, 0) is 9.53 Å². The highest BCUT2D eigenvalue weighted by Crippen LogP contribution is 2.18. The second-order valence-corrected chi connectivity index (χ2v) is 5.57. The number of hydrogen-bond acceptors (Lipinski definition) is 4. The van der Waals surface area contributed by atoms with Crippen molar-refractivity contribution in [1.29, 1.82) is 0 Å². The maximum atomic E-state index is 12.1. The van der Waals surface area contributed by atoms with Crippen LogP contribution in [0.25, 0.3) is 6.08 Å². The number of piperidine rings is 1. The molecule has 2 rings (SSSR count). The molecule has 0 aliphatic carbocycles. The summed E-state index contributed by atoms with van der Waals surface area (Å²) in [5.41, 5.74) is 0.940. The van der Waals surface area contributed by atoms with Gasteiger partial charge in [-0.3, -0.25) is 4.79 Å². The third kappa shape index (κ3) is 5.01. The molecule has 24 heavy (non-hydrogen) atoms. The fourth-order valence-electron chi connectivity index (χ4n) is 2.62. The van der Waals surface area contributed by atoms with Crippen molar-refractivity contribution < 1.29 is 19.1 Å². The lowest BCUT2D eigenvalue weighted by Gasteiger charge is -2.30. The summed E-state index contributed by atoms with van der Waals surface area (Å²) in [6.45, 7) is 3.31. The van der Waals surface area contributed by atoms with E-state index in [1.54, 1.807) is 25.1 Å². The summed E-state index contributed by atoms with van der Waals surface area (Å²) in [5.74, 6) is 0.515. The lowest BCUT2D eigenvalue weighted by molar-refractivity contribution is -0.149. The molecule has 6 heteroatoms. The molecular formula is C18H24N2O4. The number of nitrogens with one attached hydrogen (secondary N) is 1. The maximum Gasteiger partial charge on any atom is 0.321 e. The first-order valence-corrected chi connectivity index (χ1v) is 8.16. The lowest BCUT2D eigenvalue weighted by Crippen LogP contribution is -2.44. The number of urea groups is 1. The number of methoxy groups -OCH3 is 1. The second-order valence-electron chi connectivity index (χ2n) is 5.57. The van der Waals surface area contributed by atoms with Gasteiger partial charge in [0, 0.05) is 19.3 Å². The summed E-state index contributed by atoms with van der Waals surface area (Å²) in [7, 11) is 1.62. The highest BCUT2D eigenvalue weighted by Gasteiger charge is 2.27. The zero-order chi connectivity index (χ0) is 17.4. The van der Waals surface area contributed by atoms with Gasteiger partial charge >= 0.3 is 12.0 Å². The molecule has 0 radical (unpaired) electrons. The van der Waals surface area contributed by atoms with Gasteiger partial charge in [-0.2, -0.15) is 0 Å². The number of amides is 2. The first-order valence-electron chi connectivity index (χ1n) is 8.16. The van der Waals surface area contributed by atoms with Gasteiger partial charge in [0.25, 0.3) is 0 Å². The van der Waals surface area contributed by atoms with Crippen LogP contribution >= 0.6 is 0 Å². The fourth-order valence-corrected chi connectivity index (χ4v) is 2.62. The zero-order valence-electron chi connectivity index (χ0n) is 14.2. The molecular weight excluding hydrogens is 308 g/mol. The summed E-state index contributed by atoms with van der Waals surface area (Å²) < 4.78 is 10.2. The van der Waals surface area contributed by atoms with E-state index in [2.05, 4.69) is 5.32 Å². The van der Waals surface area contributed by atoms with E-state index in [1.807, 2.05) is 30.3 Å². The van der Waals surface area contributed by atoms with Gasteiger partial charge in [0.15, 0.2) is 0 Å². The Morgan fingerprint density at radius 2 is 2.08 bits per heavy atom. The number of carbonyl (C=O) groups excluding carboxylic acids is 2. The van der Waals surface area contributed by atoms with Gasteiger partial charge in [0.1, 0.15) is 5.75 Å². The molecule has 1 aliphatic rings. The number of benzene rings is 1. The third-order valence-corrected chi connectivity index (χ3v) is 3.98. The van der Waals surface area contributed by atoms with Crippen molar-refractivity contribution in [3.05, 3.63) is 36.0 Å². The van der Waals surface area contributed by atoms with Gasteiger partial charge in [-0.25, -0.2) is 4.79 Å². The topological polar surface area (TPSA) is 67.9 Å². The molecule has 1 saturated heterocycles. The average molecular weight is 332 g/mol. The predicted octanol–water partition coefficient (Wildman–Crippen LogP) is 2.65. The quantitative estimate of drug-likeness (QED) is 0.842. The van der Waals surface area contributed by atoms with Crippen LogP contribution in [0.5, 0.6) is 5.75 Å². The minimum atomic E-state index is -0.157. The van der Waals surface area contributed by atoms with Crippen molar-refractivity contribution in [2.75, 3.05) is 26.8 Å². The maximum absolute atomic E-state index is 12.1. The van der Waals surface area contributed by atoms with Crippen molar-refractivity contribution in [3.8, 4) is 5.75 Å². The van der Waals surface area contributed by atoms with Gasteiger partial charge in [0.2, 0.25) is 0 Å². The Bertz CT molecular complexity index is 592. The number of likely N-dealkylation sites (tertiary alicyclic amines) is 1. The molecule has 6 nitrogen and oxygen atoms in total. The first-order chi connectivity index (χ1) is 11.6. The van der Waals surface area contributed by atoms with Gasteiger partial charge in [0.05, 0.1) is 19.6 Å². The zero-order valence-corrected chi connectivity index (χ0v) is 14.2. The van der Waals surface area contributed by atoms with E-state index in [9.17, 15) is 9.59 Å². The molecule has 0 atom stereocenters. The standard InChI is InChI=1S/C18H24N2O4/c1-3-24-17(21)15-8-11-20(12-9-15)18(22)19-10-7-14-5-4-6-16(13-14)23-2/h4-7,10,13,15H,3,8-9,11-12H2,1-2H3,(H,19,22)/b10-7+. The second kappa shape index (κ2) is 8.96.